The molecular weight excluding hydrogens is 396 g/mol. The maximum absolute atomic E-state index is 12.6. The van der Waals surface area contributed by atoms with E-state index in [1.807, 2.05) is 24.3 Å². The van der Waals surface area contributed by atoms with Gasteiger partial charge >= 0.3 is 0 Å². The van der Waals surface area contributed by atoms with E-state index in [1.165, 1.54) is 23.1 Å². The number of sulfonamides is 1. The molecule has 0 aliphatic rings. The van der Waals surface area contributed by atoms with E-state index in [2.05, 4.69) is 15.9 Å². The highest BCUT2D eigenvalue weighted by atomic mass is 79.9. The van der Waals surface area contributed by atoms with Crippen molar-refractivity contribution in [2.75, 3.05) is 14.2 Å². The summed E-state index contributed by atoms with van der Waals surface area (Å²) < 4.78 is 28.5. The summed E-state index contributed by atoms with van der Waals surface area (Å²) in [5, 5.41) is 5.12. The zero-order chi connectivity index (χ0) is 17.9. The Kier molecular flexibility index (Phi) is 5.63. The number of carbonyl (C=O) groups excluding carboxylic acids is 1. The minimum atomic E-state index is -3.87. The molecule has 2 aromatic rings. The van der Waals surface area contributed by atoms with Crippen LogP contribution in [0.25, 0.3) is 0 Å². The monoisotopic (exact) mass is 412 g/mol. The number of carbonyl (C=O) groups is 1. The fraction of sp³-hybridized carbons (Fsp3) is 0.188. The summed E-state index contributed by atoms with van der Waals surface area (Å²) in [6.07, 6.45) is 0. The smallest absolute Gasteiger partial charge is 0.255 e. The predicted octanol–water partition coefficient (Wildman–Crippen LogP) is 2.38. The van der Waals surface area contributed by atoms with Crippen LogP contribution in [-0.2, 0) is 16.6 Å². The number of methoxy groups -OCH3 is 1. The Bertz CT molecular complexity index is 851. The average Bonchev–Trinajstić information content (AvgIpc) is 2.54. The number of halogens is 1. The summed E-state index contributed by atoms with van der Waals surface area (Å²) in [6, 6.07) is 11.5. The summed E-state index contributed by atoms with van der Waals surface area (Å²) in [4.78, 5) is 14.0. The van der Waals surface area contributed by atoms with Crippen LogP contribution in [0.3, 0.4) is 0 Å². The van der Waals surface area contributed by atoms with Gasteiger partial charge in [0.15, 0.2) is 0 Å². The zero-order valence-corrected chi connectivity index (χ0v) is 15.6. The van der Waals surface area contributed by atoms with Crippen molar-refractivity contribution in [1.29, 1.82) is 0 Å². The molecule has 2 aromatic carbocycles. The molecule has 128 valence electrons. The van der Waals surface area contributed by atoms with Crippen LogP contribution in [0.5, 0.6) is 5.75 Å². The topological polar surface area (TPSA) is 89.7 Å². The van der Waals surface area contributed by atoms with Crippen LogP contribution in [0.1, 0.15) is 15.9 Å². The zero-order valence-electron chi connectivity index (χ0n) is 13.2. The number of ether oxygens (including phenoxy) is 1. The standard InChI is InChI=1S/C16H17BrN2O4S/c1-19(10-11-3-5-12(23-2)6-4-11)16(20)14-9-13(24(18,21)22)7-8-15(14)17/h3-9H,10H2,1-2H3,(H2,18,21,22). The second kappa shape index (κ2) is 7.33. The first kappa shape index (κ1) is 18.4. The first-order valence-electron chi connectivity index (χ1n) is 6.93. The van der Waals surface area contributed by atoms with Gasteiger partial charge in [-0.2, -0.15) is 0 Å². The van der Waals surface area contributed by atoms with Crippen molar-refractivity contribution in [2.24, 2.45) is 5.14 Å². The number of hydrogen-bond acceptors (Lipinski definition) is 4. The molecule has 8 heteroatoms. The largest absolute Gasteiger partial charge is 0.497 e. The Morgan fingerprint density at radius 3 is 2.38 bits per heavy atom. The SMILES string of the molecule is COc1ccc(CN(C)C(=O)c2cc(S(N)(=O)=O)ccc2Br)cc1. The molecule has 0 fully saturated rings. The molecule has 0 aromatic heterocycles. The van der Waals surface area contributed by atoms with Gasteiger partial charge in [0.2, 0.25) is 10.0 Å². The second-order valence-electron chi connectivity index (χ2n) is 5.20. The van der Waals surface area contributed by atoms with E-state index >= 15 is 0 Å². The van der Waals surface area contributed by atoms with Gasteiger partial charge in [0.05, 0.1) is 17.6 Å². The Balaban J connectivity index is 2.23. The summed E-state index contributed by atoms with van der Waals surface area (Å²) in [5.74, 6) is 0.416. The molecule has 2 N–H and O–H groups in total. The van der Waals surface area contributed by atoms with Crippen LogP contribution in [0.4, 0.5) is 0 Å². The number of hydrogen-bond donors (Lipinski definition) is 1. The summed E-state index contributed by atoms with van der Waals surface area (Å²) in [6.45, 7) is 0.370. The molecule has 0 bridgehead atoms. The normalized spacial score (nSPS) is 11.2. The number of benzene rings is 2. The third-order valence-electron chi connectivity index (χ3n) is 3.42. The van der Waals surface area contributed by atoms with Crippen molar-refractivity contribution in [3.8, 4) is 5.75 Å². The van der Waals surface area contributed by atoms with Gasteiger partial charge in [-0.25, -0.2) is 13.6 Å². The molecule has 0 saturated carbocycles. The highest BCUT2D eigenvalue weighted by Crippen LogP contribution is 2.22. The van der Waals surface area contributed by atoms with Crippen LogP contribution in [0, 0.1) is 0 Å². The quantitative estimate of drug-likeness (QED) is 0.815. The van der Waals surface area contributed by atoms with Gasteiger partial charge in [-0.3, -0.25) is 4.79 Å². The van der Waals surface area contributed by atoms with E-state index in [9.17, 15) is 13.2 Å². The van der Waals surface area contributed by atoms with Crippen LogP contribution in [-0.4, -0.2) is 33.4 Å². The number of amides is 1. The molecule has 0 aliphatic carbocycles. The minimum absolute atomic E-state index is 0.105. The molecule has 24 heavy (non-hydrogen) atoms. The van der Waals surface area contributed by atoms with Crippen molar-refractivity contribution in [3.63, 3.8) is 0 Å². The lowest BCUT2D eigenvalue weighted by molar-refractivity contribution is 0.0784. The maximum atomic E-state index is 12.6. The van der Waals surface area contributed by atoms with Gasteiger partial charge in [0, 0.05) is 18.1 Å². The molecule has 2 rings (SSSR count). The van der Waals surface area contributed by atoms with E-state index in [1.54, 1.807) is 14.2 Å². The van der Waals surface area contributed by atoms with Crippen LogP contribution >= 0.6 is 15.9 Å². The Morgan fingerprint density at radius 2 is 1.83 bits per heavy atom. The van der Waals surface area contributed by atoms with Crippen molar-refractivity contribution < 1.29 is 17.9 Å². The van der Waals surface area contributed by atoms with Crippen molar-refractivity contribution in [1.82, 2.24) is 4.90 Å². The Morgan fingerprint density at radius 1 is 1.21 bits per heavy atom. The van der Waals surface area contributed by atoms with E-state index in [0.29, 0.717) is 11.0 Å². The van der Waals surface area contributed by atoms with E-state index < -0.39 is 10.0 Å². The number of rotatable bonds is 5. The molecular formula is C16H17BrN2O4S. The summed E-state index contributed by atoms with van der Waals surface area (Å²) in [7, 11) is -0.648. The van der Waals surface area contributed by atoms with Crippen molar-refractivity contribution in [2.45, 2.75) is 11.4 Å². The van der Waals surface area contributed by atoms with Gasteiger partial charge in [0.1, 0.15) is 5.75 Å². The molecule has 1 amide bonds. The van der Waals surface area contributed by atoms with Crippen LogP contribution < -0.4 is 9.88 Å². The summed E-state index contributed by atoms with van der Waals surface area (Å²) in [5.41, 5.74) is 1.16. The third kappa shape index (κ3) is 4.34. The number of nitrogens with zero attached hydrogens (tertiary/aromatic N) is 1. The summed E-state index contributed by atoms with van der Waals surface area (Å²) >= 11 is 3.27. The van der Waals surface area contributed by atoms with Crippen LogP contribution in [0.15, 0.2) is 51.8 Å². The van der Waals surface area contributed by atoms with Gasteiger partial charge < -0.3 is 9.64 Å². The molecule has 0 heterocycles. The van der Waals surface area contributed by atoms with Crippen molar-refractivity contribution in [3.05, 3.63) is 58.1 Å². The average molecular weight is 413 g/mol. The van der Waals surface area contributed by atoms with Gasteiger partial charge in [-0.15, -0.1) is 0 Å². The minimum Gasteiger partial charge on any atom is -0.497 e. The third-order valence-corrected chi connectivity index (χ3v) is 5.02. The first-order valence-corrected chi connectivity index (χ1v) is 9.27. The molecule has 0 atom stereocenters. The molecule has 0 saturated heterocycles. The van der Waals surface area contributed by atoms with Gasteiger partial charge in [-0.05, 0) is 51.8 Å². The highest BCUT2D eigenvalue weighted by molar-refractivity contribution is 9.10. The van der Waals surface area contributed by atoms with Gasteiger partial charge in [0.25, 0.3) is 5.91 Å². The number of nitrogens with two attached hydrogens (primary N) is 1. The molecule has 0 unspecified atom stereocenters. The number of primary sulfonamides is 1. The Hall–Kier alpha value is -1.90. The molecule has 0 radical (unpaired) electrons. The fourth-order valence-corrected chi connectivity index (χ4v) is 3.08. The molecule has 6 nitrogen and oxygen atoms in total. The lowest BCUT2D eigenvalue weighted by Gasteiger charge is -2.18. The second-order valence-corrected chi connectivity index (χ2v) is 7.61. The maximum Gasteiger partial charge on any atom is 0.255 e. The van der Waals surface area contributed by atoms with E-state index in [-0.39, 0.29) is 16.4 Å². The fourth-order valence-electron chi connectivity index (χ4n) is 2.13. The lowest BCUT2D eigenvalue weighted by Crippen LogP contribution is -2.27. The lowest BCUT2D eigenvalue weighted by atomic mass is 10.1. The van der Waals surface area contributed by atoms with Crippen molar-refractivity contribution >= 4 is 31.9 Å². The van der Waals surface area contributed by atoms with Gasteiger partial charge in [-0.1, -0.05) is 12.1 Å². The Labute approximate surface area is 149 Å². The molecule has 0 aliphatic heterocycles. The predicted molar refractivity (Wildman–Crippen MR) is 94.3 cm³/mol. The van der Waals surface area contributed by atoms with Crippen LogP contribution in [0.2, 0.25) is 0 Å². The first-order chi connectivity index (χ1) is 11.2. The van der Waals surface area contributed by atoms with E-state index in [0.717, 1.165) is 11.3 Å². The highest BCUT2D eigenvalue weighted by Gasteiger charge is 2.18. The molecule has 0 spiro atoms. The van der Waals surface area contributed by atoms with E-state index in [4.69, 9.17) is 9.88 Å².